The number of para-hydroxylation sites is 1. The zero-order valence-electron chi connectivity index (χ0n) is 24.1. The molecule has 0 spiro atoms. The number of benzene rings is 3. The van der Waals surface area contributed by atoms with Crippen LogP contribution in [0.1, 0.15) is 16.7 Å². The predicted octanol–water partition coefficient (Wildman–Crippen LogP) is 1.40. The highest BCUT2D eigenvalue weighted by Gasteiger charge is 2.30. The van der Waals surface area contributed by atoms with Gasteiger partial charge in [-0.2, -0.15) is 12.6 Å². The summed E-state index contributed by atoms with van der Waals surface area (Å²) >= 11 is 4.20. The third-order valence-corrected chi connectivity index (χ3v) is 7.63. The highest BCUT2D eigenvalue weighted by atomic mass is 32.1. The van der Waals surface area contributed by atoms with Crippen molar-refractivity contribution in [3.05, 3.63) is 95.7 Å². The van der Waals surface area contributed by atoms with Crippen LogP contribution < -0.4 is 21.7 Å². The molecule has 3 aromatic carbocycles. The van der Waals surface area contributed by atoms with E-state index in [-0.39, 0.29) is 36.5 Å². The molecule has 1 heterocycles. The third kappa shape index (κ3) is 9.00. The SMILES string of the molecule is N[C@@H](Cc1ccc(O)cc1)C(=O)N[C@@H](Cc1c[nH]c2ccccc12)C(=O)N[C@@H](CS)C(=O)N[C@@H](Cc1ccc(O)cc1)C(=O)O. The summed E-state index contributed by atoms with van der Waals surface area (Å²) < 4.78 is 0. The first kappa shape index (κ1) is 32.9. The van der Waals surface area contributed by atoms with Gasteiger partial charge < -0.3 is 42.0 Å². The molecule has 0 radical (unpaired) electrons. The lowest BCUT2D eigenvalue weighted by molar-refractivity contribution is -0.142. The number of aliphatic carboxylic acids is 1. The summed E-state index contributed by atoms with van der Waals surface area (Å²) in [7, 11) is 0. The lowest BCUT2D eigenvalue weighted by atomic mass is 10.0. The topological polar surface area (TPSA) is 207 Å². The fourth-order valence-electron chi connectivity index (χ4n) is 4.79. The summed E-state index contributed by atoms with van der Waals surface area (Å²) in [5, 5.41) is 37.3. The second kappa shape index (κ2) is 15.1. The number of phenolic OH excluding ortho intramolecular Hbond substituents is 2. The van der Waals surface area contributed by atoms with Gasteiger partial charge in [0.25, 0.3) is 0 Å². The molecule has 0 fully saturated rings. The van der Waals surface area contributed by atoms with E-state index in [1.54, 1.807) is 30.5 Å². The molecule has 45 heavy (non-hydrogen) atoms. The first-order valence-corrected chi connectivity index (χ1v) is 14.8. The van der Waals surface area contributed by atoms with Crippen molar-refractivity contribution in [1.29, 1.82) is 0 Å². The Hall–Kier alpha value is -5.01. The van der Waals surface area contributed by atoms with Crippen molar-refractivity contribution >= 4 is 47.2 Å². The maximum absolute atomic E-state index is 13.6. The van der Waals surface area contributed by atoms with Crippen molar-refractivity contribution in [2.45, 2.75) is 43.4 Å². The number of carbonyl (C=O) groups excluding carboxylic acids is 3. The summed E-state index contributed by atoms with van der Waals surface area (Å²) in [6, 6.07) is 14.9. The first-order chi connectivity index (χ1) is 21.5. The lowest BCUT2D eigenvalue weighted by Crippen LogP contribution is -2.58. The largest absolute Gasteiger partial charge is 0.508 e. The number of hydrogen-bond acceptors (Lipinski definition) is 8. The van der Waals surface area contributed by atoms with E-state index in [0.717, 1.165) is 16.5 Å². The van der Waals surface area contributed by atoms with Gasteiger partial charge in [-0.3, -0.25) is 14.4 Å². The van der Waals surface area contributed by atoms with Crippen molar-refractivity contribution in [3.8, 4) is 11.5 Å². The quantitative estimate of drug-likeness (QED) is 0.0926. The average Bonchev–Trinajstić information content (AvgIpc) is 3.43. The molecule has 0 aliphatic heterocycles. The molecule has 4 rings (SSSR count). The van der Waals surface area contributed by atoms with Crippen LogP contribution in [-0.4, -0.2) is 73.9 Å². The van der Waals surface area contributed by atoms with Crippen molar-refractivity contribution in [1.82, 2.24) is 20.9 Å². The number of amides is 3. The molecule has 4 aromatic rings. The number of carboxylic acid groups (broad SMARTS) is 1. The molecule has 13 heteroatoms. The predicted molar refractivity (Wildman–Crippen MR) is 171 cm³/mol. The van der Waals surface area contributed by atoms with Crippen molar-refractivity contribution in [3.63, 3.8) is 0 Å². The molecule has 9 N–H and O–H groups in total. The minimum atomic E-state index is -1.32. The number of rotatable bonds is 14. The molecule has 0 aliphatic rings. The monoisotopic (exact) mass is 633 g/mol. The molecule has 0 saturated heterocycles. The number of aromatic nitrogens is 1. The maximum Gasteiger partial charge on any atom is 0.326 e. The summed E-state index contributed by atoms with van der Waals surface area (Å²) in [5.41, 5.74) is 9.02. The summed E-state index contributed by atoms with van der Waals surface area (Å²) in [6.45, 7) is 0. The standard InChI is InChI=1S/C32H35N5O7S/c33-24(13-18-5-9-21(38)10-6-18)29(40)35-26(15-20-16-34-25-4-2-1-3-23(20)25)30(41)37-28(17-45)31(42)36-27(32(43)44)14-19-7-11-22(39)12-8-19/h1-12,16,24,26-28,34,38-39,45H,13-15,17,33H2,(H,35,40)(H,36,42)(H,37,41)(H,43,44)/t24-,26-,27-,28-/m0/s1. The maximum atomic E-state index is 13.6. The van der Waals surface area contributed by atoms with Gasteiger partial charge in [0.1, 0.15) is 29.6 Å². The molecule has 236 valence electrons. The molecular formula is C32H35N5O7S. The van der Waals surface area contributed by atoms with Crippen LogP contribution in [0.4, 0.5) is 0 Å². The third-order valence-electron chi connectivity index (χ3n) is 7.27. The number of fused-ring (bicyclic) bond motifs is 1. The number of nitrogens with two attached hydrogens (primary N) is 1. The van der Waals surface area contributed by atoms with Crippen molar-refractivity contribution in [2.75, 3.05) is 5.75 Å². The van der Waals surface area contributed by atoms with Gasteiger partial charge in [0.2, 0.25) is 17.7 Å². The molecule has 1 aromatic heterocycles. The van der Waals surface area contributed by atoms with E-state index in [2.05, 4.69) is 33.6 Å². The number of carbonyl (C=O) groups is 4. The number of aromatic amines is 1. The Bertz CT molecular complexity index is 1640. The summed E-state index contributed by atoms with van der Waals surface area (Å²) in [6.07, 6.45) is 1.88. The van der Waals surface area contributed by atoms with Gasteiger partial charge in [-0.25, -0.2) is 4.79 Å². The summed E-state index contributed by atoms with van der Waals surface area (Å²) in [4.78, 5) is 55.0. The van der Waals surface area contributed by atoms with Crippen LogP contribution >= 0.6 is 12.6 Å². The zero-order valence-corrected chi connectivity index (χ0v) is 25.0. The highest BCUT2D eigenvalue weighted by molar-refractivity contribution is 7.80. The summed E-state index contributed by atoms with van der Waals surface area (Å²) in [5.74, 6) is -3.41. The molecule has 4 atom stereocenters. The normalized spacial score (nSPS) is 13.7. The first-order valence-electron chi connectivity index (χ1n) is 14.1. The van der Waals surface area contributed by atoms with Gasteiger partial charge in [-0.15, -0.1) is 0 Å². The Morgan fingerprint density at radius 2 is 1.24 bits per heavy atom. The van der Waals surface area contributed by atoms with Crippen LogP contribution in [0, 0.1) is 0 Å². The van der Waals surface area contributed by atoms with Crippen LogP contribution in [-0.2, 0) is 38.4 Å². The van der Waals surface area contributed by atoms with Gasteiger partial charge >= 0.3 is 5.97 Å². The molecular weight excluding hydrogens is 598 g/mol. The zero-order chi connectivity index (χ0) is 32.5. The lowest BCUT2D eigenvalue weighted by Gasteiger charge is -2.24. The average molecular weight is 634 g/mol. The number of carboxylic acids is 1. The van der Waals surface area contributed by atoms with Crippen LogP contribution in [0.3, 0.4) is 0 Å². The van der Waals surface area contributed by atoms with Crippen LogP contribution in [0.25, 0.3) is 10.9 Å². The van der Waals surface area contributed by atoms with Crippen LogP contribution in [0.5, 0.6) is 11.5 Å². The van der Waals surface area contributed by atoms with E-state index in [0.29, 0.717) is 11.1 Å². The minimum Gasteiger partial charge on any atom is -0.508 e. The Morgan fingerprint density at radius 3 is 1.84 bits per heavy atom. The molecule has 12 nitrogen and oxygen atoms in total. The van der Waals surface area contributed by atoms with Gasteiger partial charge in [0.15, 0.2) is 0 Å². The smallest absolute Gasteiger partial charge is 0.326 e. The van der Waals surface area contributed by atoms with E-state index in [9.17, 15) is 34.5 Å². The second-order valence-corrected chi connectivity index (χ2v) is 11.0. The van der Waals surface area contributed by atoms with E-state index in [1.165, 1.54) is 24.3 Å². The number of thiol groups is 1. The highest BCUT2D eigenvalue weighted by Crippen LogP contribution is 2.20. The second-order valence-electron chi connectivity index (χ2n) is 10.6. The molecule has 0 bridgehead atoms. The van der Waals surface area contributed by atoms with E-state index >= 15 is 0 Å². The Kier molecular flexibility index (Phi) is 11.1. The van der Waals surface area contributed by atoms with Gasteiger partial charge in [-0.05, 0) is 53.4 Å². The number of aromatic hydroxyl groups is 2. The Labute approximate surface area is 264 Å². The van der Waals surface area contributed by atoms with E-state index in [1.807, 2.05) is 24.3 Å². The van der Waals surface area contributed by atoms with Crippen molar-refractivity contribution < 1.29 is 34.5 Å². The molecule has 3 amide bonds. The molecule has 0 aliphatic carbocycles. The number of nitrogens with one attached hydrogen (secondary N) is 4. The van der Waals surface area contributed by atoms with E-state index < -0.39 is 47.9 Å². The number of hydrogen-bond donors (Lipinski definition) is 9. The fourth-order valence-corrected chi connectivity index (χ4v) is 5.05. The number of H-pyrrole nitrogens is 1. The molecule has 0 saturated carbocycles. The van der Waals surface area contributed by atoms with Crippen LogP contribution in [0.15, 0.2) is 79.0 Å². The Morgan fingerprint density at radius 1 is 0.711 bits per heavy atom. The van der Waals surface area contributed by atoms with E-state index in [4.69, 9.17) is 5.73 Å². The number of phenols is 2. The van der Waals surface area contributed by atoms with Crippen LogP contribution in [0.2, 0.25) is 0 Å². The fraction of sp³-hybridized carbons (Fsp3) is 0.250. The van der Waals surface area contributed by atoms with Gasteiger partial charge in [-0.1, -0.05) is 42.5 Å². The minimum absolute atomic E-state index is 0.0168. The molecule has 0 unspecified atom stereocenters. The van der Waals surface area contributed by atoms with Gasteiger partial charge in [0.05, 0.1) is 6.04 Å². The Balaban J connectivity index is 1.49. The van der Waals surface area contributed by atoms with Gasteiger partial charge in [0, 0.05) is 35.7 Å². The van der Waals surface area contributed by atoms with Crippen molar-refractivity contribution in [2.24, 2.45) is 5.73 Å².